The molecule has 0 fully saturated rings. The summed E-state index contributed by atoms with van der Waals surface area (Å²) in [6.07, 6.45) is -2.96. The van der Waals surface area contributed by atoms with E-state index in [4.69, 9.17) is 9.26 Å². The Morgan fingerprint density at radius 1 is 1.13 bits per heavy atom. The normalized spacial score (nSPS) is 11.6. The number of aryl methyl sites for hydroxylation is 1. The molecule has 2 aromatic heterocycles. The second-order valence-electron chi connectivity index (χ2n) is 8.81. The maximum Gasteiger partial charge on any atom is 0.417 e. The molecule has 0 atom stereocenters. The van der Waals surface area contributed by atoms with Crippen molar-refractivity contribution in [1.29, 1.82) is 0 Å². The highest BCUT2D eigenvalue weighted by molar-refractivity contribution is 9.10. The minimum Gasteiger partial charge on any atom is -0.491 e. The van der Waals surface area contributed by atoms with Crippen molar-refractivity contribution in [2.45, 2.75) is 19.5 Å². The number of carbonyl (C=O) groups excluding carboxylic acids is 1. The van der Waals surface area contributed by atoms with Crippen LogP contribution in [0.3, 0.4) is 0 Å². The highest BCUT2D eigenvalue weighted by Crippen LogP contribution is 2.38. The van der Waals surface area contributed by atoms with Crippen LogP contribution in [0.25, 0.3) is 22.6 Å². The van der Waals surface area contributed by atoms with Gasteiger partial charge in [0.05, 0.1) is 21.3 Å². The van der Waals surface area contributed by atoms with E-state index in [0.717, 1.165) is 17.1 Å². The molecule has 39 heavy (non-hydrogen) atoms. The van der Waals surface area contributed by atoms with Crippen LogP contribution in [0.1, 0.15) is 28.7 Å². The van der Waals surface area contributed by atoms with Crippen molar-refractivity contribution < 1.29 is 27.2 Å². The van der Waals surface area contributed by atoms with Crippen molar-refractivity contribution in [2.75, 3.05) is 32.6 Å². The van der Waals surface area contributed by atoms with Crippen LogP contribution >= 0.6 is 15.9 Å². The lowest BCUT2D eigenvalue weighted by Gasteiger charge is -2.14. The second-order valence-corrected chi connectivity index (χ2v) is 9.66. The average Bonchev–Trinajstić information content (AvgIpc) is 3.39. The second kappa shape index (κ2) is 12.0. The summed E-state index contributed by atoms with van der Waals surface area (Å²) < 4.78 is 53.4. The van der Waals surface area contributed by atoms with Crippen molar-refractivity contribution in [1.82, 2.24) is 20.0 Å². The van der Waals surface area contributed by atoms with Gasteiger partial charge in [-0.15, -0.1) is 0 Å². The quantitative estimate of drug-likeness (QED) is 0.239. The molecule has 1 amide bonds. The summed E-state index contributed by atoms with van der Waals surface area (Å²) >= 11 is 3.43. The molecule has 0 saturated carbocycles. The minimum absolute atomic E-state index is 0.0630. The van der Waals surface area contributed by atoms with Crippen LogP contribution in [0.4, 0.5) is 18.9 Å². The molecular formula is C27H25BrF3N5O3. The lowest BCUT2D eigenvalue weighted by Crippen LogP contribution is -2.19. The molecule has 4 rings (SSSR count). The van der Waals surface area contributed by atoms with Crippen LogP contribution in [0.5, 0.6) is 5.75 Å². The van der Waals surface area contributed by atoms with Crippen LogP contribution in [0, 0.1) is 0 Å². The van der Waals surface area contributed by atoms with Gasteiger partial charge in [-0.1, -0.05) is 24.2 Å². The fourth-order valence-electron chi connectivity index (χ4n) is 3.58. The van der Waals surface area contributed by atoms with Crippen molar-refractivity contribution in [3.63, 3.8) is 0 Å². The van der Waals surface area contributed by atoms with Gasteiger partial charge in [0.15, 0.2) is 0 Å². The van der Waals surface area contributed by atoms with E-state index in [1.54, 1.807) is 25.1 Å². The number of alkyl halides is 3. The van der Waals surface area contributed by atoms with Crippen LogP contribution in [0.15, 0.2) is 63.7 Å². The van der Waals surface area contributed by atoms with Gasteiger partial charge in [0.25, 0.3) is 5.91 Å². The summed E-state index contributed by atoms with van der Waals surface area (Å²) in [4.78, 5) is 23.0. The molecule has 2 heterocycles. The highest BCUT2D eigenvalue weighted by Gasteiger charge is 2.35. The number of halogens is 4. The first-order valence-electron chi connectivity index (χ1n) is 11.9. The molecule has 0 saturated heterocycles. The Hall–Kier alpha value is -3.77. The lowest BCUT2D eigenvalue weighted by molar-refractivity contribution is -0.137. The van der Waals surface area contributed by atoms with E-state index in [2.05, 4.69) is 36.4 Å². The molecule has 0 bridgehead atoms. The Kier molecular flexibility index (Phi) is 8.66. The Morgan fingerprint density at radius 3 is 2.56 bits per heavy atom. The molecule has 1 N–H and O–H groups in total. The number of aromatic nitrogens is 3. The first-order valence-corrected chi connectivity index (χ1v) is 12.7. The number of hydrogen-bond acceptors (Lipinski definition) is 7. The van der Waals surface area contributed by atoms with Crippen LogP contribution in [-0.4, -0.2) is 53.2 Å². The van der Waals surface area contributed by atoms with Crippen LogP contribution < -0.4 is 10.1 Å². The van der Waals surface area contributed by atoms with E-state index in [0.29, 0.717) is 30.4 Å². The zero-order valence-corrected chi connectivity index (χ0v) is 22.9. The molecular weight excluding hydrogens is 579 g/mol. The molecule has 2 aromatic carbocycles. The van der Waals surface area contributed by atoms with Gasteiger partial charge in [0.1, 0.15) is 12.4 Å². The fourth-order valence-corrected chi connectivity index (χ4v) is 3.94. The number of carbonyl (C=O) groups is 1. The predicted octanol–water partition coefficient (Wildman–Crippen LogP) is 6.34. The predicted molar refractivity (Wildman–Crippen MR) is 143 cm³/mol. The Balaban J connectivity index is 1.53. The summed E-state index contributed by atoms with van der Waals surface area (Å²) in [6, 6.07) is 11.7. The number of nitrogens with zero attached hydrogens (tertiary/aromatic N) is 4. The molecule has 0 spiro atoms. The SMILES string of the molecule is CCc1nc(-c2ccc(-c3ccc(C(=O)Nc4ccc(Br)c(OCCN(C)C)c4)cn3)c(C(F)(F)F)c2)no1. The van der Waals surface area contributed by atoms with E-state index in [-0.39, 0.29) is 28.2 Å². The summed E-state index contributed by atoms with van der Waals surface area (Å²) in [5.41, 5.74) is -0.122. The maximum atomic E-state index is 14.0. The number of rotatable bonds is 9. The molecule has 0 aliphatic rings. The van der Waals surface area contributed by atoms with Crippen molar-refractivity contribution in [3.8, 4) is 28.4 Å². The Labute approximate surface area is 231 Å². The number of benzene rings is 2. The fraction of sp³-hybridized carbons (Fsp3) is 0.259. The summed E-state index contributed by atoms with van der Waals surface area (Å²) in [5.74, 6) is 0.501. The van der Waals surface area contributed by atoms with Gasteiger partial charge >= 0.3 is 6.18 Å². The standard InChI is InChI=1S/C27H25BrF3N5O3/c1-4-24-34-25(35-39-24)16-5-8-19(20(13-16)27(29,30)31)22-10-6-17(15-32-22)26(37)33-18-7-9-21(28)23(14-18)38-12-11-36(2)3/h5-10,13-15H,4,11-12H2,1-3H3,(H,33,37). The van der Waals surface area contributed by atoms with Crippen LogP contribution in [-0.2, 0) is 12.6 Å². The van der Waals surface area contributed by atoms with Crippen LogP contribution in [0.2, 0.25) is 0 Å². The lowest BCUT2D eigenvalue weighted by atomic mass is 9.99. The smallest absolute Gasteiger partial charge is 0.417 e. The van der Waals surface area contributed by atoms with Gasteiger partial charge in [-0.3, -0.25) is 9.78 Å². The first kappa shape index (κ1) is 28.2. The number of likely N-dealkylation sites (N-methyl/N-ethyl adjacent to an activating group) is 1. The third kappa shape index (κ3) is 7.01. The highest BCUT2D eigenvalue weighted by atomic mass is 79.9. The van der Waals surface area contributed by atoms with Gasteiger partial charge in [-0.05, 0) is 60.4 Å². The Bertz CT molecular complexity index is 1460. The summed E-state index contributed by atoms with van der Waals surface area (Å²) in [5, 5.41) is 6.51. The topological polar surface area (TPSA) is 93.4 Å². The summed E-state index contributed by atoms with van der Waals surface area (Å²) in [7, 11) is 3.87. The number of pyridine rings is 1. The number of nitrogens with one attached hydrogen (secondary N) is 1. The largest absolute Gasteiger partial charge is 0.491 e. The van der Waals surface area contributed by atoms with Gasteiger partial charge in [0, 0.05) is 42.0 Å². The van der Waals surface area contributed by atoms with Gasteiger partial charge in [-0.25, -0.2) is 0 Å². The zero-order valence-electron chi connectivity index (χ0n) is 21.3. The molecule has 0 unspecified atom stereocenters. The van der Waals surface area contributed by atoms with Crippen molar-refractivity contribution in [3.05, 3.63) is 76.2 Å². The molecule has 204 valence electrons. The third-order valence-electron chi connectivity index (χ3n) is 5.64. The van der Waals surface area contributed by atoms with E-state index in [9.17, 15) is 18.0 Å². The molecule has 0 aliphatic heterocycles. The zero-order chi connectivity index (χ0) is 28.2. The van der Waals surface area contributed by atoms with E-state index < -0.39 is 17.6 Å². The van der Waals surface area contributed by atoms with Crippen molar-refractivity contribution >= 4 is 27.5 Å². The average molecular weight is 604 g/mol. The molecule has 0 aliphatic carbocycles. The third-order valence-corrected chi connectivity index (χ3v) is 6.30. The number of ether oxygens (including phenoxy) is 1. The van der Waals surface area contributed by atoms with Crippen molar-refractivity contribution in [2.24, 2.45) is 0 Å². The van der Waals surface area contributed by atoms with Gasteiger partial charge in [0.2, 0.25) is 11.7 Å². The monoisotopic (exact) mass is 603 g/mol. The Morgan fingerprint density at radius 2 is 1.92 bits per heavy atom. The summed E-state index contributed by atoms with van der Waals surface area (Å²) in [6.45, 7) is 2.98. The first-order chi connectivity index (χ1) is 18.5. The molecule has 4 aromatic rings. The van der Waals surface area contributed by atoms with E-state index in [1.807, 2.05) is 19.0 Å². The molecule has 0 radical (unpaired) electrons. The van der Waals surface area contributed by atoms with Gasteiger partial charge < -0.3 is 19.5 Å². The number of amides is 1. The molecule has 8 nitrogen and oxygen atoms in total. The number of hydrogen-bond donors (Lipinski definition) is 1. The molecule has 12 heteroatoms. The van der Waals surface area contributed by atoms with Gasteiger partial charge in [-0.2, -0.15) is 18.2 Å². The van der Waals surface area contributed by atoms with E-state index in [1.165, 1.54) is 30.5 Å². The minimum atomic E-state index is -4.66. The van der Waals surface area contributed by atoms with E-state index >= 15 is 0 Å². The maximum absolute atomic E-state index is 14.0. The number of anilines is 1.